The number of hydrogen-bond donors (Lipinski definition) is 2. The van der Waals surface area contributed by atoms with Crippen LogP contribution in [0.2, 0.25) is 0 Å². The molecule has 0 radical (unpaired) electrons. The van der Waals surface area contributed by atoms with Crippen molar-refractivity contribution in [1.82, 2.24) is 25.3 Å². The van der Waals surface area contributed by atoms with E-state index in [1.54, 1.807) is 7.11 Å². The summed E-state index contributed by atoms with van der Waals surface area (Å²) >= 11 is 0. The largest absolute Gasteiger partial charge is 0.491 e. The summed E-state index contributed by atoms with van der Waals surface area (Å²) in [6.45, 7) is 5.77. The van der Waals surface area contributed by atoms with E-state index in [-0.39, 0.29) is 5.41 Å². The Bertz CT molecular complexity index is 893. The van der Waals surface area contributed by atoms with Gasteiger partial charge >= 0.3 is 0 Å². The lowest BCUT2D eigenvalue weighted by molar-refractivity contribution is -0.118. The zero-order valence-electron chi connectivity index (χ0n) is 22.6. The fourth-order valence-corrected chi connectivity index (χ4v) is 5.12. The smallest absolute Gasteiger partial charge is 0.126 e. The lowest BCUT2D eigenvalue weighted by atomic mass is 9.68. The normalized spacial score (nSPS) is 20.2. The van der Waals surface area contributed by atoms with Gasteiger partial charge in [0, 0.05) is 55.9 Å². The van der Waals surface area contributed by atoms with Gasteiger partial charge in [-0.3, -0.25) is 5.10 Å². The number of rotatable bonds is 16. The van der Waals surface area contributed by atoms with Crippen LogP contribution in [0.4, 0.5) is 0 Å². The molecule has 0 saturated heterocycles. The van der Waals surface area contributed by atoms with Crippen molar-refractivity contribution >= 4 is 6.29 Å². The summed E-state index contributed by atoms with van der Waals surface area (Å²) in [6.07, 6.45) is 8.06. The minimum Gasteiger partial charge on any atom is -0.491 e. The number of ether oxygens (including phenoxy) is 2. The third kappa shape index (κ3) is 8.40. The molecule has 1 fully saturated rings. The molecule has 0 bridgehead atoms. The van der Waals surface area contributed by atoms with Crippen LogP contribution in [0.5, 0.6) is 5.75 Å². The van der Waals surface area contributed by atoms with Gasteiger partial charge in [0.15, 0.2) is 0 Å². The van der Waals surface area contributed by atoms with E-state index < -0.39 is 0 Å². The molecule has 3 rings (SSSR count). The Hall–Kier alpha value is -2.26. The van der Waals surface area contributed by atoms with Crippen molar-refractivity contribution in [2.45, 2.75) is 51.1 Å². The van der Waals surface area contributed by atoms with Crippen molar-refractivity contribution in [1.29, 1.82) is 0 Å². The maximum absolute atomic E-state index is 12.2. The van der Waals surface area contributed by atoms with Gasteiger partial charge in [-0.05, 0) is 77.5 Å². The zero-order chi connectivity index (χ0) is 25.8. The summed E-state index contributed by atoms with van der Waals surface area (Å²) < 4.78 is 10.7. The number of carbonyl (C=O) groups excluding carboxylic acids is 1. The molecule has 8 heteroatoms. The summed E-state index contributed by atoms with van der Waals surface area (Å²) in [6, 6.07) is 8.24. The van der Waals surface area contributed by atoms with Crippen LogP contribution in [0.25, 0.3) is 0 Å². The molecule has 1 aromatic heterocycles. The minimum atomic E-state index is -0.215. The molecule has 8 nitrogen and oxygen atoms in total. The van der Waals surface area contributed by atoms with E-state index in [4.69, 9.17) is 9.47 Å². The summed E-state index contributed by atoms with van der Waals surface area (Å²) in [5.74, 6) is 1.32. The molecule has 2 aromatic rings. The van der Waals surface area contributed by atoms with Crippen molar-refractivity contribution in [3.05, 3.63) is 47.3 Å². The number of nitrogens with one attached hydrogen (secondary N) is 2. The highest BCUT2D eigenvalue weighted by atomic mass is 16.5. The number of H-pyrrole nitrogens is 1. The van der Waals surface area contributed by atoms with E-state index >= 15 is 0 Å². The molecule has 1 heterocycles. The monoisotopic (exact) mass is 499 g/mol. The molecule has 200 valence electrons. The van der Waals surface area contributed by atoms with Crippen LogP contribution in [-0.4, -0.2) is 87.4 Å². The van der Waals surface area contributed by atoms with Gasteiger partial charge in [0.1, 0.15) is 18.6 Å². The van der Waals surface area contributed by atoms with Crippen molar-refractivity contribution in [2.24, 2.45) is 5.41 Å². The van der Waals surface area contributed by atoms with Crippen LogP contribution in [-0.2, 0) is 22.6 Å². The van der Waals surface area contributed by atoms with Gasteiger partial charge in [0.2, 0.25) is 0 Å². The number of carbonyl (C=O) groups is 1. The number of likely N-dealkylation sites (N-methyl/N-ethyl adjacent to an activating group) is 2. The molecule has 1 saturated carbocycles. The van der Waals surface area contributed by atoms with Crippen LogP contribution < -0.4 is 10.1 Å². The van der Waals surface area contributed by atoms with Crippen molar-refractivity contribution < 1.29 is 14.3 Å². The molecule has 1 aliphatic carbocycles. The maximum Gasteiger partial charge on any atom is 0.126 e. The Labute approximate surface area is 216 Å². The minimum absolute atomic E-state index is 0.215. The second-order valence-electron chi connectivity index (χ2n) is 10.4. The van der Waals surface area contributed by atoms with Crippen LogP contribution in [0.15, 0.2) is 30.5 Å². The first-order chi connectivity index (χ1) is 17.5. The molecule has 0 unspecified atom stereocenters. The molecular weight excluding hydrogens is 454 g/mol. The van der Waals surface area contributed by atoms with Gasteiger partial charge < -0.3 is 29.4 Å². The summed E-state index contributed by atoms with van der Waals surface area (Å²) in [5, 5.41) is 10.8. The summed E-state index contributed by atoms with van der Waals surface area (Å²) in [4.78, 5) is 16.9. The number of aromatic nitrogens is 2. The number of methoxy groups -OCH3 is 1. The molecule has 1 aromatic carbocycles. The van der Waals surface area contributed by atoms with Gasteiger partial charge in [0.05, 0.1) is 12.8 Å². The number of aldehydes is 1. The van der Waals surface area contributed by atoms with Crippen LogP contribution in [0.1, 0.15) is 54.8 Å². The molecule has 0 amide bonds. The maximum atomic E-state index is 12.2. The molecule has 0 atom stereocenters. The summed E-state index contributed by atoms with van der Waals surface area (Å²) in [7, 11) is 7.93. The van der Waals surface area contributed by atoms with Gasteiger partial charge in [0.25, 0.3) is 0 Å². The highest BCUT2D eigenvalue weighted by molar-refractivity contribution is 5.59. The van der Waals surface area contributed by atoms with E-state index in [2.05, 4.69) is 51.5 Å². The lowest BCUT2D eigenvalue weighted by Crippen LogP contribution is -2.33. The fraction of sp³-hybridized carbons (Fsp3) is 0.643. The van der Waals surface area contributed by atoms with E-state index in [9.17, 15) is 4.79 Å². The van der Waals surface area contributed by atoms with E-state index in [1.165, 1.54) is 23.1 Å². The van der Waals surface area contributed by atoms with Crippen LogP contribution in [0.3, 0.4) is 0 Å². The van der Waals surface area contributed by atoms with Gasteiger partial charge in [-0.2, -0.15) is 5.10 Å². The number of benzene rings is 1. The second-order valence-corrected chi connectivity index (χ2v) is 10.4. The average Bonchev–Trinajstić information content (AvgIpc) is 3.35. The molecule has 2 N–H and O–H groups in total. The van der Waals surface area contributed by atoms with Crippen molar-refractivity contribution in [2.75, 3.05) is 61.1 Å². The third-order valence-corrected chi connectivity index (χ3v) is 7.50. The quantitative estimate of drug-likeness (QED) is 0.270. The Morgan fingerprint density at radius 1 is 1.11 bits per heavy atom. The number of hydrogen-bond acceptors (Lipinski definition) is 7. The Morgan fingerprint density at radius 3 is 2.50 bits per heavy atom. The Morgan fingerprint density at radius 2 is 1.83 bits per heavy atom. The zero-order valence-corrected chi connectivity index (χ0v) is 22.6. The van der Waals surface area contributed by atoms with Gasteiger partial charge in [-0.15, -0.1) is 0 Å². The SMILES string of the molecule is CNCCN(C)Cc1cn[nH]c1C1CCC(C=O)(CCN(C)Cc2ccc(OCCOC)cc2)CC1. The second kappa shape index (κ2) is 14.5. The Kier molecular flexibility index (Phi) is 11.4. The highest BCUT2D eigenvalue weighted by Gasteiger charge is 2.36. The van der Waals surface area contributed by atoms with Crippen molar-refractivity contribution in [3.63, 3.8) is 0 Å². The van der Waals surface area contributed by atoms with Crippen LogP contribution in [0, 0.1) is 5.41 Å². The van der Waals surface area contributed by atoms with Crippen LogP contribution >= 0.6 is 0 Å². The molecule has 0 spiro atoms. The van der Waals surface area contributed by atoms with E-state index in [0.717, 1.165) is 70.6 Å². The lowest BCUT2D eigenvalue weighted by Gasteiger charge is -2.37. The number of nitrogens with zero attached hydrogens (tertiary/aromatic N) is 3. The van der Waals surface area contributed by atoms with Gasteiger partial charge in [-0.1, -0.05) is 12.1 Å². The first kappa shape index (κ1) is 28.3. The summed E-state index contributed by atoms with van der Waals surface area (Å²) in [5.41, 5.74) is 3.57. The van der Waals surface area contributed by atoms with E-state index in [0.29, 0.717) is 19.1 Å². The number of aromatic amines is 1. The predicted molar refractivity (Wildman–Crippen MR) is 143 cm³/mol. The topological polar surface area (TPSA) is 82.7 Å². The molecule has 0 aliphatic heterocycles. The highest BCUT2D eigenvalue weighted by Crippen LogP contribution is 2.44. The standard InChI is InChI=1S/C28H45N5O3/c1-29-14-16-33(3)21-25-19-30-31-27(25)24-9-11-28(22-34,12-10-24)13-15-32(2)20-23-5-7-26(8-6-23)36-18-17-35-4/h5-8,19,22,24,29H,9-18,20-21H2,1-4H3,(H,30,31). The third-order valence-electron chi connectivity index (χ3n) is 7.50. The molecule has 36 heavy (non-hydrogen) atoms. The Balaban J connectivity index is 1.46. The first-order valence-electron chi connectivity index (χ1n) is 13.2. The predicted octanol–water partition coefficient (Wildman–Crippen LogP) is 3.45. The van der Waals surface area contributed by atoms with Crippen molar-refractivity contribution in [3.8, 4) is 5.75 Å². The first-order valence-corrected chi connectivity index (χ1v) is 13.2. The average molecular weight is 500 g/mol. The fourth-order valence-electron chi connectivity index (χ4n) is 5.12. The van der Waals surface area contributed by atoms with E-state index in [1.807, 2.05) is 25.4 Å². The molecular formula is C28H45N5O3. The molecule has 1 aliphatic rings. The van der Waals surface area contributed by atoms with Gasteiger partial charge in [-0.25, -0.2) is 0 Å².